The summed E-state index contributed by atoms with van der Waals surface area (Å²) < 4.78 is 9.62. The number of nitrogens with zero attached hydrogens (tertiary/aromatic N) is 2. The lowest BCUT2D eigenvalue weighted by Crippen LogP contribution is -1.90. The highest BCUT2D eigenvalue weighted by Crippen LogP contribution is 2.34. The minimum absolute atomic E-state index is 0.602. The van der Waals surface area contributed by atoms with Crippen LogP contribution in [-0.4, -0.2) is 17.1 Å². The third-order valence-corrected chi connectivity index (χ3v) is 4.52. The van der Waals surface area contributed by atoms with Crippen molar-refractivity contribution >= 4 is 39.9 Å². The minimum Gasteiger partial charge on any atom is -0.497 e. The van der Waals surface area contributed by atoms with E-state index in [-0.39, 0.29) is 0 Å². The van der Waals surface area contributed by atoms with Gasteiger partial charge in [0.2, 0.25) is 0 Å². The van der Waals surface area contributed by atoms with E-state index in [9.17, 15) is 0 Å². The molecule has 0 saturated heterocycles. The lowest BCUT2D eigenvalue weighted by molar-refractivity contribution is 0.415. The van der Waals surface area contributed by atoms with E-state index in [2.05, 4.69) is 20.8 Å². The van der Waals surface area contributed by atoms with Gasteiger partial charge in [-0.15, -0.1) is 11.3 Å². The van der Waals surface area contributed by atoms with Crippen molar-refractivity contribution in [1.29, 1.82) is 5.26 Å². The van der Waals surface area contributed by atoms with E-state index in [0.717, 1.165) is 20.8 Å². The van der Waals surface area contributed by atoms with Crippen molar-refractivity contribution in [3.8, 4) is 11.8 Å². The van der Waals surface area contributed by atoms with Gasteiger partial charge >= 0.3 is 0 Å². The SMILES string of the molecule is COc1cc(NSc2cncs2)c2[nH]cc(C#N)c2c1. The van der Waals surface area contributed by atoms with Gasteiger partial charge in [0.1, 0.15) is 16.0 Å². The molecule has 0 fully saturated rings. The Hall–Kier alpha value is -2.17. The Labute approximate surface area is 123 Å². The molecule has 0 aliphatic rings. The van der Waals surface area contributed by atoms with Gasteiger partial charge in [0.05, 0.1) is 35.6 Å². The summed E-state index contributed by atoms with van der Waals surface area (Å²) in [6, 6.07) is 5.92. The van der Waals surface area contributed by atoms with E-state index in [1.54, 1.807) is 36.4 Å². The van der Waals surface area contributed by atoms with Crippen molar-refractivity contribution < 1.29 is 4.74 Å². The number of ether oxygens (including phenoxy) is 1. The van der Waals surface area contributed by atoms with Gasteiger partial charge in [-0.1, -0.05) is 0 Å². The Balaban J connectivity index is 2.00. The fraction of sp³-hybridized carbons (Fsp3) is 0.0769. The molecule has 7 heteroatoms. The zero-order valence-electron chi connectivity index (χ0n) is 10.5. The first-order chi connectivity index (χ1) is 9.81. The second-order valence-electron chi connectivity index (χ2n) is 3.94. The van der Waals surface area contributed by atoms with E-state index in [0.29, 0.717) is 11.3 Å². The quantitative estimate of drug-likeness (QED) is 0.720. The first kappa shape index (κ1) is 12.8. The third-order valence-electron chi connectivity index (χ3n) is 2.79. The van der Waals surface area contributed by atoms with Gasteiger partial charge in [0, 0.05) is 17.6 Å². The summed E-state index contributed by atoms with van der Waals surface area (Å²) in [5.74, 6) is 0.709. The van der Waals surface area contributed by atoms with Crippen LogP contribution >= 0.6 is 23.3 Å². The molecular weight excluding hydrogens is 292 g/mol. The molecule has 0 radical (unpaired) electrons. The number of thiazole rings is 1. The number of nitriles is 1. The predicted molar refractivity (Wildman–Crippen MR) is 81.2 cm³/mol. The standard InChI is InChI=1S/C13H10N4OS2/c1-18-9-2-10-8(4-14)5-16-13(10)11(3-9)17-20-12-6-15-7-19-12/h2-3,5-7,16-17H,1H3. The van der Waals surface area contributed by atoms with Gasteiger partial charge in [-0.25, -0.2) is 0 Å². The molecular formula is C13H10N4OS2. The van der Waals surface area contributed by atoms with Crippen molar-refractivity contribution in [2.45, 2.75) is 4.21 Å². The molecule has 20 heavy (non-hydrogen) atoms. The third kappa shape index (κ3) is 2.31. The number of hydrogen-bond donors (Lipinski definition) is 2. The zero-order valence-corrected chi connectivity index (χ0v) is 12.1. The first-order valence-corrected chi connectivity index (χ1v) is 7.42. The van der Waals surface area contributed by atoms with E-state index < -0.39 is 0 Å². The van der Waals surface area contributed by atoms with E-state index >= 15 is 0 Å². The van der Waals surface area contributed by atoms with Crippen LogP contribution in [-0.2, 0) is 0 Å². The Morgan fingerprint density at radius 3 is 3.10 bits per heavy atom. The maximum Gasteiger partial charge on any atom is 0.121 e. The van der Waals surface area contributed by atoms with Crippen LogP contribution < -0.4 is 9.46 Å². The second kappa shape index (κ2) is 5.45. The molecule has 0 aliphatic heterocycles. The number of H-pyrrole nitrogens is 1. The van der Waals surface area contributed by atoms with Crippen molar-refractivity contribution in [1.82, 2.24) is 9.97 Å². The number of anilines is 1. The van der Waals surface area contributed by atoms with Crippen molar-refractivity contribution in [3.05, 3.63) is 35.6 Å². The smallest absolute Gasteiger partial charge is 0.121 e. The predicted octanol–water partition coefficient (Wildman–Crippen LogP) is 3.62. The minimum atomic E-state index is 0.602. The summed E-state index contributed by atoms with van der Waals surface area (Å²) in [4.78, 5) is 7.15. The maximum atomic E-state index is 9.12. The van der Waals surface area contributed by atoms with Gasteiger partial charge < -0.3 is 14.4 Å². The van der Waals surface area contributed by atoms with E-state index in [4.69, 9.17) is 10.00 Å². The molecule has 3 aromatic rings. The number of fused-ring (bicyclic) bond motifs is 1. The van der Waals surface area contributed by atoms with Crippen molar-refractivity contribution in [3.63, 3.8) is 0 Å². The van der Waals surface area contributed by atoms with Gasteiger partial charge in [0.25, 0.3) is 0 Å². The monoisotopic (exact) mass is 302 g/mol. The number of hydrogen-bond acceptors (Lipinski definition) is 6. The molecule has 2 aromatic heterocycles. The lowest BCUT2D eigenvalue weighted by atomic mass is 10.1. The number of nitrogens with one attached hydrogen (secondary N) is 2. The van der Waals surface area contributed by atoms with Gasteiger partial charge in [-0.3, -0.25) is 4.98 Å². The highest BCUT2D eigenvalue weighted by molar-refractivity contribution is 8.02. The molecule has 0 amide bonds. The Morgan fingerprint density at radius 2 is 2.40 bits per heavy atom. The Kier molecular flexibility index (Phi) is 3.50. The molecule has 5 nitrogen and oxygen atoms in total. The lowest BCUT2D eigenvalue weighted by Gasteiger charge is -2.08. The average Bonchev–Trinajstić information content (AvgIpc) is 3.13. The summed E-state index contributed by atoms with van der Waals surface area (Å²) in [6.07, 6.45) is 3.50. The molecule has 0 atom stereocenters. The molecule has 100 valence electrons. The number of aromatic nitrogens is 2. The van der Waals surface area contributed by atoms with Crippen LogP contribution in [0.5, 0.6) is 5.75 Å². The zero-order chi connectivity index (χ0) is 13.9. The first-order valence-electron chi connectivity index (χ1n) is 5.72. The largest absolute Gasteiger partial charge is 0.497 e. The number of aromatic amines is 1. The van der Waals surface area contributed by atoms with Crippen LogP contribution in [0.2, 0.25) is 0 Å². The maximum absolute atomic E-state index is 9.12. The van der Waals surface area contributed by atoms with Gasteiger partial charge in [-0.2, -0.15) is 5.26 Å². The fourth-order valence-electron chi connectivity index (χ4n) is 1.86. The van der Waals surface area contributed by atoms with Crippen LogP contribution in [0.4, 0.5) is 5.69 Å². The number of benzene rings is 1. The number of rotatable bonds is 4. The van der Waals surface area contributed by atoms with Gasteiger partial charge in [-0.05, 0) is 18.0 Å². The normalized spacial score (nSPS) is 10.4. The second-order valence-corrected chi connectivity index (χ2v) is 5.93. The molecule has 1 aromatic carbocycles. The summed E-state index contributed by atoms with van der Waals surface area (Å²) in [5.41, 5.74) is 4.15. The Bertz CT molecular complexity index is 774. The summed E-state index contributed by atoms with van der Waals surface area (Å²) in [7, 11) is 1.61. The van der Waals surface area contributed by atoms with Crippen LogP contribution in [0.3, 0.4) is 0 Å². The topological polar surface area (TPSA) is 73.7 Å². The highest BCUT2D eigenvalue weighted by atomic mass is 32.2. The average molecular weight is 302 g/mol. The fourth-order valence-corrected chi connectivity index (χ4v) is 3.14. The van der Waals surface area contributed by atoms with Crippen LogP contribution in [0.15, 0.2) is 34.2 Å². The highest BCUT2D eigenvalue weighted by Gasteiger charge is 2.10. The number of methoxy groups -OCH3 is 1. The van der Waals surface area contributed by atoms with Crippen molar-refractivity contribution in [2.75, 3.05) is 11.8 Å². The van der Waals surface area contributed by atoms with Gasteiger partial charge in [0.15, 0.2) is 0 Å². The molecule has 0 saturated carbocycles. The van der Waals surface area contributed by atoms with E-state index in [1.807, 2.05) is 12.1 Å². The summed E-state index contributed by atoms with van der Waals surface area (Å²) in [6.45, 7) is 0. The Morgan fingerprint density at radius 1 is 1.50 bits per heavy atom. The summed E-state index contributed by atoms with van der Waals surface area (Å²) in [5, 5.41) is 9.96. The van der Waals surface area contributed by atoms with Crippen molar-refractivity contribution in [2.24, 2.45) is 0 Å². The molecule has 0 bridgehead atoms. The van der Waals surface area contributed by atoms with E-state index in [1.165, 1.54) is 11.9 Å². The molecule has 2 N–H and O–H groups in total. The molecule has 3 rings (SSSR count). The molecule has 0 spiro atoms. The molecule has 0 aliphatic carbocycles. The van der Waals surface area contributed by atoms with Crippen LogP contribution in [0.1, 0.15) is 5.56 Å². The molecule has 2 heterocycles. The molecule has 0 unspecified atom stereocenters. The summed E-state index contributed by atoms with van der Waals surface area (Å²) >= 11 is 3.04. The van der Waals surface area contributed by atoms with Crippen LogP contribution in [0, 0.1) is 11.3 Å². The van der Waals surface area contributed by atoms with Crippen LogP contribution in [0.25, 0.3) is 10.9 Å².